The number of hydrogen-bond donors (Lipinski definition) is 2. The quantitative estimate of drug-likeness (QED) is 0.266. The van der Waals surface area contributed by atoms with Crippen molar-refractivity contribution in [1.29, 1.82) is 0 Å². The third-order valence-electron chi connectivity index (χ3n) is 6.00. The van der Waals surface area contributed by atoms with E-state index in [0.717, 1.165) is 43.8 Å². The molecule has 1 aliphatic carbocycles. The fraction of sp³-hybridized carbons (Fsp3) is 0.667. The van der Waals surface area contributed by atoms with Crippen LogP contribution in [0.25, 0.3) is 0 Å². The number of anilines is 1. The molecular formula is C21H35IN4O3S. The van der Waals surface area contributed by atoms with Crippen molar-refractivity contribution in [3.05, 3.63) is 29.8 Å². The van der Waals surface area contributed by atoms with Crippen LogP contribution in [0.15, 0.2) is 29.3 Å². The molecule has 30 heavy (non-hydrogen) atoms. The van der Waals surface area contributed by atoms with Crippen LogP contribution in [0.5, 0.6) is 0 Å². The Balaban J connectivity index is 0.00000320. The van der Waals surface area contributed by atoms with Crippen molar-refractivity contribution in [2.45, 2.75) is 39.0 Å². The normalized spacial score (nSPS) is 17.7. The number of methoxy groups -OCH3 is 1. The summed E-state index contributed by atoms with van der Waals surface area (Å²) in [6.45, 7) is 5.12. The minimum Gasteiger partial charge on any atom is -0.385 e. The van der Waals surface area contributed by atoms with Gasteiger partial charge >= 0.3 is 0 Å². The molecule has 9 heteroatoms. The zero-order chi connectivity index (χ0) is 20.7. The van der Waals surface area contributed by atoms with Crippen LogP contribution in [0.4, 0.5) is 5.69 Å². The van der Waals surface area contributed by atoms with Gasteiger partial charge in [-0.15, -0.1) is 24.0 Å². The van der Waals surface area contributed by atoms with Gasteiger partial charge in [0.15, 0.2) is 5.96 Å². The molecule has 0 aromatic heterocycles. The van der Waals surface area contributed by atoms with Crippen molar-refractivity contribution >= 4 is 45.6 Å². The number of fused-ring (bicyclic) bond motifs is 1. The second kappa shape index (κ2) is 11.5. The van der Waals surface area contributed by atoms with Crippen LogP contribution in [-0.4, -0.2) is 60.0 Å². The smallest absolute Gasteiger partial charge is 0.236 e. The summed E-state index contributed by atoms with van der Waals surface area (Å²) in [6, 6.07) is 7.73. The third-order valence-corrected chi connectivity index (χ3v) is 7.77. The van der Waals surface area contributed by atoms with Crippen molar-refractivity contribution in [2.24, 2.45) is 10.4 Å². The zero-order valence-electron chi connectivity index (χ0n) is 18.0. The van der Waals surface area contributed by atoms with E-state index in [1.54, 1.807) is 11.4 Å². The number of halogens is 1. The van der Waals surface area contributed by atoms with E-state index in [0.29, 0.717) is 19.0 Å². The Bertz CT molecular complexity index is 812. The number of para-hydroxylation sites is 1. The van der Waals surface area contributed by atoms with E-state index in [9.17, 15) is 8.42 Å². The number of ether oxygens (including phenoxy) is 1. The fourth-order valence-electron chi connectivity index (χ4n) is 4.08. The summed E-state index contributed by atoms with van der Waals surface area (Å²) >= 11 is 0. The summed E-state index contributed by atoms with van der Waals surface area (Å²) in [5, 5.41) is 6.43. The molecule has 2 aliphatic rings. The number of rotatable bonds is 10. The molecule has 0 spiro atoms. The molecule has 170 valence electrons. The highest BCUT2D eigenvalue weighted by Crippen LogP contribution is 2.44. The lowest BCUT2D eigenvalue weighted by atomic mass is 9.67. The first kappa shape index (κ1) is 25.2. The molecular weight excluding hydrogens is 515 g/mol. The number of hydrogen-bond acceptors (Lipinski definition) is 4. The highest BCUT2D eigenvalue weighted by Gasteiger charge is 2.36. The first-order chi connectivity index (χ1) is 14.0. The van der Waals surface area contributed by atoms with Crippen molar-refractivity contribution in [2.75, 3.05) is 50.0 Å². The van der Waals surface area contributed by atoms with Crippen molar-refractivity contribution in [3.8, 4) is 0 Å². The molecule has 1 heterocycles. The Kier molecular flexibility index (Phi) is 9.67. The van der Waals surface area contributed by atoms with Crippen LogP contribution < -0.4 is 14.9 Å². The summed E-state index contributed by atoms with van der Waals surface area (Å²) in [4.78, 5) is 4.74. The average molecular weight is 551 g/mol. The molecule has 0 bridgehead atoms. The van der Waals surface area contributed by atoms with Gasteiger partial charge in [-0.25, -0.2) is 8.42 Å². The van der Waals surface area contributed by atoms with E-state index in [1.807, 2.05) is 31.2 Å². The molecule has 1 saturated carbocycles. The molecule has 3 rings (SSSR count). The molecule has 0 unspecified atom stereocenters. The van der Waals surface area contributed by atoms with Gasteiger partial charge in [0, 0.05) is 39.9 Å². The lowest BCUT2D eigenvalue weighted by molar-refractivity contribution is 0.0778. The van der Waals surface area contributed by atoms with Crippen LogP contribution in [0.3, 0.4) is 0 Å². The summed E-state index contributed by atoms with van der Waals surface area (Å²) in [5.74, 6) is 0.730. The predicted octanol–water partition coefficient (Wildman–Crippen LogP) is 2.76. The molecule has 1 aliphatic heterocycles. The van der Waals surface area contributed by atoms with Gasteiger partial charge in [-0.05, 0) is 49.7 Å². The van der Waals surface area contributed by atoms with Crippen LogP contribution in [0.2, 0.25) is 0 Å². The Hall–Kier alpha value is -1.07. The highest BCUT2D eigenvalue weighted by atomic mass is 127. The van der Waals surface area contributed by atoms with Crippen molar-refractivity contribution in [1.82, 2.24) is 10.6 Å². The number of guanidine groups is 1. The van der Waals surface area contributed by atoms with Gasteiger partial charge < -0.3 is 15.4 Å². The topological polar surface area (TPSA) is 83.0 Å². The molecule has 1 fully saturated rings. The Morgan fingerprint density at radius 1 is 1.27 bits per heavy atom. The minimum absolute atomic E-state index is 0. The average Bonchev–Trinajstić information content (AvgIpc) is 3.12. The minimum atomic E-state index is -3.36. The molecule has 0 amide bonds. The lowest BCUT2D eigenvalue weighted by Gasteiger charge is -2.40. The number of benzene rings is 1. The zero-order valence-corrected chi connectivity index (χ0v) is 21.2. The molecule has 1 aromatic carbocycles. The molecule has 0 saturated heterocycles. The fourth-order valence-corrected chi connectivity index (χ4v) is 5.50. The van der Waals surface area contributed by atoms with Crippen LogP contribution in [0, 0.1) is 5.41 Å². The van der Waals surface area contributed by atoms with Gasteiger partial charge in [0.2, 0.25) is 10.0 Å². The van der Waals surface area contributed by atoms with E-state index in [-0.39, 0.29) is 35.1 Å². The maximum absolute atomic E-state index is 12.8. The van der Waals surface area contributed by atoms with E-state index in [4.69, 9.17) is 9.73 Å². The van der Waals surface area contributed by atoms with Gasteiger partial charge in [-0.3, -0.25) is 9.30 Å². The Morgan fingerprint density at radius 2 is 2.03 bits per heavy atom. The molecule has 0 radical (unpaired) electrons. The summed E-state index contributed by atoms with van der Waals surface area (Å²) in [6.07, 6.45) is 5.41. The number of nitrogens with one attached hydrogen (secondary N) is 2. The summed E-state index contributed by atoms with van der Waals surface area (Å²) < 4.78 is 32.5. The second-order valence-electron chi connectivity index (χ2n) is 7.99. The number of nitrogens with zero attached hydrogens (tertiary/aromatic N) is 2. The van der Waals surface area contributed by atoms with E-state index < -0.39 is 10.0 Å². The number of sulfonamides is 1. The number of aliphatic imine (C=N–C) groups is 1. The predicted molar refractivity (Wildman–Crippen MR) is 133 cm³/mol. The Labute approximate surface area is 198 Å². The van der Waals surface area contributed by atoms with Gasteiger partial charge in [0.05, 0.1) is 11.4 Å². The van der Waals surface area contributed by atoms with E-state index in [1.165, 1.54) is 19.3 Å². The van der Waals surface area contributed by atoms with Gasteiger partial charge in [0.1, 0.15) is 0 Å². The lowest BCUT2D eigenvalue weighted by Crippen LogP contribution is -2.43. The first-order valence-corrected chi connectivity index (χ1v) is 12.2. The SMILES string of the molecule is CCNC(=NCC1(CCOC)CCC1)NCCS(=O)(=O)N1CCc2ccccc21.I. The van der Waals surface area contributed by atoms with Crippen molar-refractivity contribution < 1.29 is 13.2 Å². The van der Waals surface area contributed by atoms with Gasteiger partial charge in [0.25, 0.3) is 0 Å². The highest BCUT2D eigenvalue weighted by molar-refractivity contribution is 14.0. The molecule has 0 atom stereocenters. The third kappa shape index (κ3) is 6.23. The molecule has 2 N–H and O–H groups in total. The second-order valence-corrected chi connectivity index (χ2v) is 10.00. The molecule has 1 aromatic rings. The maximum atomic E-state index is 12.8. The van der Waals surface area contributed by atoms with Crippen LogP contribution in [-0.2, 0) is 21.2 Å². The molecule has 7 nitrogen and oxygen atoms in total. The van der Waals surface area contributed by atoms with Crippen LogP contribution >= 0.6 is 24.0 Å². The van der Waals surface area contributed by atoms with Crippen molar-refractivity contribution in [3.63, 3.8) is 0 Å². The monoisotopic (exact) mass is 550 g/mol. The van der Waals surface area contributed by atoms with Crippen LogP contribution in [0.1, 0.15) is 38.2 Å². The standard InChI is InChI=1S/C21H34N4O3S.HI/c1-3-22-20(24-17-21(10-6-11-21)12-15-28-2)23-13-16-29(26,27)25-14-9-18-7-4-5-8-19(18)25;/h4-5,7-8H,3,6,9-17H2,1-2H3,(H2,22,23,24);1H. The van der Waals surface area contributed by atoms with E-state index >= 15 is 0 Å². The summed E-state index contributed by atoms with van der Waals surface area (Å²) in [7, 11) is -1.62. The first-order valence-electron chi connectivity index (χ1n) is 10.6. The van der Waals surface area contributed by atoms with Gasteiger partial charge in [-0.2, -0.15) is 0 Å². The maximum Gasteiger partial charge on any atom is 0.236 e. The largest absolute Gasteiger partial charge is 0.385 e. The summed E-state index contributed by atoms with van der Waals surface area (Å²) in [5.41, 5.74) is 2.16. The Morgan fingerprint density at radius 3 is 2.70 bits per heavy atom. The van der Waals surface area contributed by atoms with Gasteiger partial charge in [-0.1, -0.05) is 24.6 Å². The van der Waals surface area contributed by atoms with E-state index in [2.05, 4.69) is 10.6 Å².